The SMILES string of the molecule is Cc1noc(C(C)C)c1C(=O)Nc1cccc(S(=O)(=O)NC(C)(C)C)c1. The molecule has 0 aliphatic carbocycles. The fourth-order valence-electron chi connectivity index (χ4n) is 2.45. The van der Waals surface area contributed by atoms with Crippen LogP contribution in [0, 0.1) is 6.92 Å². The number of sulfonamides is 1. The summed E-state index contributed by atoms with van der Waals surface area (Å²) in [6, 6.07) is 6.11. The average molecular weight is 379 g/mol. The Hall–Kier alpha value is -2.19. The van der Waals surface area contributed by atoms with Crippen molar-refractivity contribution in [3.05, 3.63) is 41.3 Å². The summed E-state index contributed by atoms with van der Waals surface area (Å²) in [5.74, 6) is 0.114. The fraction of sp³-hybridized carbons (Fsp3) is 0.444. The van der Waals surface area contributed by atoms with Gasteiger partial charge in [0.25, 0.3) is 5.91 Å². The maximum atomic E-state index is 12.6. The number of nitrogens with one attached hydrogen (secondary N) is 2. The Morgan fingerprint density at radius 1 is 1.23 bits per heavy atom. The first-order valence-corrected chi connectivity index (χ1v) is 9.80. The number of nitrogens with zero attached hydrogens (tertiary/aromatic N) is 1. The van der Waals surface area contributed by atoms with E-state index in [2.05, 4.69) is 15.2 Å². The van der Waals surface area contributed by atoms with E-state index in [0.717, 1.165) is 0 Å². The number of benzene rings is 1. The van der Waals surface area contributed by atoms with Crippen molar-refractivity contribution in [3.8, 4) is 0 Å². The molecule has 26 heavy (non-hydrogen) atoms. The molecule has 2 aromatic rings. The first-order valence-electron chi connectivity index (χ1n) is 8.32. The van der Waals surface area contributed by atoms with E-state index in [-0.39, 0.29) is 16.7 Å². The van der Waals surface area contributed by atoms with Crippen LogP contribution in [0.3, 0.4) is 0 Å². The lowest BCUT2D eigenvalue weighted by Gasteiger charge is -2.20. The summed E-state index contributed by atoms with van der Waals surface area (Å²) >= 11 is 0. The number of hydrogen-bond acceptors (Lipinski definition) is 5. The summed E-state index contributed by atoms with van der Waals surface area (Å²) in [5.41, 5.74) is 0.636. The largest absolute Gasteiger partial charge is 0.360 e. The van der Waals surface area contributed by atoms with Gasteiger partial charge < -0.3 is 9.84 Å². The lowest BCUT2D eigenvalue weighted by atomic mass is 10.0. The zero-order valence-corrected chi connectivity index (χ0v) is 16.7. The molecule has 2 N–H and O–H groups in total. The summed E-state index contributed by atoms with van der Waals surface area (Å²) in [6.45, 7) is 10.8. The van der Waals surface area contributed by atoms with Crippen molar-refractivity contribution < 1.29 is 17.7 Å². The Labute approximate surface area is 154 Å². The van der Waals surface area contributed by atoms with E-state index in [4.69, 9.17) is 4.52 Å². The van der Waals surface area contributed by atoms with E-state index in [1.807, 2.05) is 13.8 Å². The number of hydrogen-bond donors (Lipinski definition) is 2. The minimum atomic E-state index is -3.69. The van der Waals surface area contributed by atoms with Crippen LogP contribution in [0.25, 0.3) is 0 Å². The first-order chi connectivity index (χ1) is 11.9. The van der Waals surface area contributed by atoms with Crippen molar-refractivity contribution >= 4 is 21.6 Å². The number of carbonyl (C=O) groups excluding carboxylic acids is 1. The molecule has 0 saturated carbocycles. The highest BCUT2D eigenvalue weighted by Gasteiger charge is 2.24. The van der Waals surface area contributed by atoms with Crippen molar-refractivity contribution in [3.63, 3.8) is 0 Å². The number of aryl methyl sites for hydroxylation is 1. The molecule has 0 aliphatic rings. The van der Waals surface area contributed by atoms with Crippen LogP contribution in [0.5, 0.6) is 0 Å². The molecule has 0 bridgehead atoms. The number of aromatic nitrogens is 1. The van der Waals surface area contributed by atoms with Crippen molar-refractivity contribution in [2.75, 3.05) is 5.32 Å². The van der Waals surface area contributed by atoms with Gasteiger partial charge in [-0.15, -0.1) is 0 Å². The van der Waals surface area contributed by atoms with Gasteiger partial charge in [-0.05, 0) is 45.9 Å². The van der Waals surface area contributed by atoms with Crippen LogP contribution in [0.1, 0.15) is 62.3 Å². The van der Waals surface area contributed by atoms with Crippen LogP contribution in [0.4, 0.5) is 5.69 Å². The summed E-state index contributed by atoms with van der Waals surface area (Å²) in [7, 11) is -3.69. The van der Waals surface area contributed by atoms with Gasteiger partial charge in [-0.25, -0.2) is 13.1 Å². The molecule has 1 amide bonds. The highest BCUT2D eigenvalue weighted by atomic mass is 32.2. The quantitative estimate of drug-likeness (QED) is 0.829. The third-order valence-corrected chi connectivity index (χ3v) is 5.24. The van der Waals surface area contributed by atoms with Crippen LogP contribution >= 0.6 is 0 Å². The lowest BCUT2D eigenvalue weighted by Crippen LogP contribution is -2.40. The molecule has 0 aliphatic heterocycles. The standard InChI is InChI=1S/C18H25N3O4S/c1-11(2)16-15(12(3)20-25-16)17(22)19-13-8-7-9-14(10-13)26(23,24)21-18(4,5)6/h7-11,21H,1-6H3,(H,19,22). The van der Waals surface area contributed by atoms with Gasteiger partial charge in [0.05, 0.1) is 10.6 Å². The number of carbonyl (C=O) groups is 1. The molecule has 7 nitrogen and oxygen atoms in total. The maximum absolute atomic E-state index is 12.6. The molecule has 0 fully saturated rings. The molecular formula is C18H25N3O4S. The predicted molar refractivity (Wildman–Crippen MR) is 99.8 cm³/mol. The summed E-state index contributed by atoms with van der Waals surface area (Å²) < 4.78 is 32.7. The van der Waals surface area contributed by atoms with Crippen LogP contribution in [-0.2, 0) is 10.0 Å². The highest BCUT2D eigenvalue weighted by Crippen LogP contribution is 2.24. The summed E-state index contributed by atoms with van der Waals surface area (Å²) in [6.07, 6.45) is 0. The number of rotatable bonds is 5. The smallest absolute Gasteiger partial charge is 0.261 e. The van der Waals surface area contributed by atoms with Crippen LogP contribution in [0.15, 0.2) is 33.7 Å². The molecule has 142 valence electrons. The predicted octanol–water partition coefficient (Wildman–Crippen LogP) is 3.44. The molecule has 0 atom stereocenters. The Morgan fingerprint density at radius 2 is 1.88 bits per heavy atom. The van der Waals surface area contributed by atoms with E-state index in [0.29, 0.717) is 22.7 Å². The molecule has 8 heteroatoms. The van der Waals surface area contributed by atoms with E-state index in [9.17, 15) is 13.2 Å². The lowest BCUT2D eigenvalue weighted by molar-refractivity contribution is 0.102. The maximum Gasteiger partial charge on any atom is 0.261 e. The molecule has 1 aromatic heterocycles. The van der Waals surface area contributed by atoms with Crippen LogP contribution in [-0.4, -0.2) is 25.0 Å². The van der Waals surface area contributed by atoms with E-state index < -0.39 is 15.6 Å². The monoisotopic (exact) mass is 379 g/mol. The normalized spacial score (nSPS) is 12.4. The molecule has 1 heterocycles. The van der Waals surface area contributed by atoms with Gasteiger partial charge in [-0.3, -0.25) is 4.79 Å². The Bertz CT molecular complexity index is 909. The second-order valence-electron chi connectivity index (χ2n) is 7.50. The van der Waals surface area contributed by atoms with Gasteiger partial charge >= 0.3 is 0 Å². The second-order valence-corrected chi connectivity index (χ2v) is 9.18. The summed E-state index contributed by atoms with van der Waals surface area (Å²) in [5, 5.41) is 6.58. The third-order valence-electron chi connectivity index (χ3n) is 3.48. The van der Waals surface area contributed by atoms with Gasteiger partial charge in [0.15, 0.2) is 5.76 Å². The van der Waals surface area contributed by atoms with E-state index >= 15 is 0 Å². The van der Waals surface area contributed by atoms with E-state index in [1.54, 1.807) is 39.8 Å². The topological polar surface area (TPSA) is 101 Å². The molecular weight excluding hydrogens is 354 g/mol. The zero-order chi connectivity index (χ0) is 19.7. The Morgan fingerprint density at radius 3 is 2.46 bits per heavy atom. The van der Waals surface area contributed by atoms with Gasteiger partial charge in [0.1, 0.15) is 5.56 Å². The Kier molecular flexibility index (Phi) is 5.58. The number of amides is 1. The molecule has 0 radical (unpaired) electrons. The van der Waals surface area contributed by atoms with Crippen molar-refractivity contribution in [2.24, 2.45) is 0 Å². The minimum Gasteiger partial charge on any atom is -0.360 e. The molecule has 2 rings (SSSR count). The molecule has 1 aromatic carbocycles. The number of anilines is 1. The van der Waals surface area contributed by atoms with Crippen molar-refractivity contribution in [1.82, 2.24) is 9.88 Å². The molecule has 0 spiro atoms. The minimum absolute atomic E-state index is 0.000326. The van der Waals surface area contributed by atoms with Crippen molar-refractivity contribution in [2.45, 2.75) is 57.9 Å². The molecule has 0 unspecified atom stereocenters. The average Bonchev–Trinajstić information content (AvgIpc) is 2.87. The fourth-order valence-corrected chi connectivity index (χ4v) is 3.92. The Balaban J connectivity index is 2.30. The first kappa shape index (κ1) is 20.1. The van der Waals surface area contributed by atoms with Gasteiger partial charge in [-0.2, -0.15) is 0 Å². The second kappa shape index (κ2) is 7.20. The van der Waals surface area contributed by atoms with Crippen LogP contribution in [0.2, 0.25) is 0 Å². The third kappa shape index (κ3) is 4.70. The highest BCUT2D eigenvalue weighted by molar-refractivity contribution is 7.89. The molecule has 0 saturated heterocycles. The zero-order valence-electron chi connectivity index (χ0n) is 15.9. The van der Waals surface area contributed by atoms with Gasteiger partial charge in [-0.1, -0.05) is 25.1 Å². The van der Waals surface area contributed by atoms with Gasteiger partial charge in [0.2, 0.25) is 10.0 Å². The van der Waals surface area contributed by atoms with Crippen LogP contribution < -0.4 is 10.0 Å². The van der Waals surface area contributed by atoms with Crippen molar-refractivity contribution in [1.29, 1.82) is 0 Å². The van der Waals surface area contributed by atoms with Gasteiger partial charge in [0, 0.05) is 17.1 Å². The summed E-state index contributed by atoms with van der Waals surface area (Å²) in [4.78, 5) is 12.7. The van der Waals surface area contributed by atoms with E-state index in [1.165, 1.54) is 12.1 Å².